The molecule has 0 saturated carbocycles. The van der Waals surface area contributed by atoms with Gasteiger partial charge in [0, 0.05) is 43.1 Å². The first-order chi connectivity index (χ1) is 12.2. The molecule has 6 heteroatoms. The summed E-state index contributed by atoms with van der Waals surface area (Å²) < 4.78 is 1.74. The fraction of sp³-hybridized carbons (Fsp3) is 0.158. The van der Waals surface area contributed by atoms with Gasteiger partial charge in [0.05, 0.1) is 6.54 Å². The van der Waals surface area contributed by atoms with Gasteiger partial charge in [-0.3, -0.25) is 19.3 Å². The maximum Gasteiger partial charge on any atom is 0.226 e. The quantitative estimate of drug-likeness (QED) is 0.674. The molecule has 0 saturated heterocycles. The van der Waals surface area contributed by atoms with Crippen LogP contribution in [0.15, 0.2) is 67.1 Å². The summed E-state index contributed by atoms with van der Waals surface area (Å²) in [5.74, 6) is 0.212. The lowest BCUT2D eigenvalue weighted by Crippen LogP contribution is -2.14. The lowest BCUT2D eigenvalue weighted by atomic mass is 10.1. The monoisotopic (exact) mass is 334 g/mol. The fourth-order valence-corrected chi connectivity index (χ4v) is 2.39. The van der Waals surface area contributed by atoms with Gasteiger partial charge in [0.2, 0.25) is 5.91 Å². The molecule has 1 N–H and O–H groups in total. The fourth-order valence-electron chi connectivity index (χ4n) is 2.39. The van der Waals surface area contributed by atoms with Gasteiger partial charge >= 0.3 is 0 Å². The van der Waals surface area contributed by atoms with E-state index in [0.29, 0.717) is 17.9 Å². The number of ketones is 1. The third-order valence-electron chi connectivity index (χ3n) is 3.68. The Labute approximate surface area is 145 Å². The number of amides is 1. The highest BCUT2D eigenvalue weighted by molar-refractivity contribution is 5.99. The van der Waals surface area contributed by atoms with Crippen molar-refractivity contribution in [3.8, 4) is 0 Å². The molecule has 0 aliphatic rings. The van der Waals surface area contributed by atoms with Crippen LogP contribution in [0, 0.1) is 0 Å². The van der Waals surface area contributed by atoms with E-state index in [1.165, 1.54) is 0 Å². The smallest absolute Gasteiger partial charge is 0.226 e. The van der Waals surface area contributed by atoms with Gasteiger partial charge in [0.15, 0.2) is 11.6 Å². The Morgan fingerprint density at radius 2 is 1.72 bits per heavy atom. The summed E-state index contributed by atoms with van der Waals surface area (Å²) in [6.45, 7) is 0.602. The number of nitrogens with zero attached hydrogens (tertiary/aromatic N) is 3. The van der Waals surface area contributed by atoms with Gasteiger partial charge in [0.25, 0.3) is 0 Å². The highest BCUT2D eigenvalue weighted by atomic mass is 16.2. The zero-order valence-corrected chi connectivity index (χ0v) is 13.6. The number of nitrogens with one attached hydrogen (secondary N) is 1. The van der Waals surface area contributed by atoms with Gasteiger partial charge in [0.1, 0.15) is 0 Å². The normalized spacial score (nSPS) is 10.4. The van der Waals surface area contributed by atoms with Crippen molar-refractivity contribution in [1.82, 2.24) is 14.8 Å². The van der Waals surface area contributed by atoms with Gasteiger partial charge in [-0.05, 0) is 17.7 Å². The van der Waals surface area contributed by atoms with Crippen LogP contribution in [0.4, 0.5) is 5.82 Å². The Kier molecular flexibility index (Phi) is 5.31. The summed E-state index contributed by atoms with van der Waals surface area (Å²) in [5.41, 5.74) is 1.70. The number of hydrogen-bond acceptors (Lipinski definition) is 4. The van der Waals surface area contributed by atoms with Crippen LogP contribution in [-0.2, 0) is 11.3 Å². The molecule has 1 aromatic carbocycles. The molecule has 0 radical (unpaired) electrons. The Bertz CT molecular complexity index is 844. The minimum Gasteiger partial charge on any atom is -0.309 e. The summed E-state index contributed by atoms with van der Waals surface area (Å²) in [4.78, 5) is 28.0. The van der Waals surface area contributed by atoms with E-state index in [4.69, 9.17) is 0 Å². The molecule has 2 heterocycles. The molecule has 6 nitrogen and oxygen atoms in total. The maximum atomic E-state index is 12.0. The van der Waals surface area contributed by atoms with E-state index in [-0.39, 0.29) is 24.5 Å². The minimum atomic E-state index is -0.224. The molecular formula is C19H18N4O2. The lowest BCUT2D eigenvalue weighted by Gasteiger charge is -2.03. The van der Waals surface area contributed by atoms with Crippen LogP contribution in [0.1, 0.15) is 28.8 Å². The molecule has 1 amide bonds. The molecule has 2 aromatic heterocycles. The summed E-state index contributed by atoms with van der Waals surface area (Å²) in [5, 5.41) is 7.03. The number of rotatable bonds is 7. The second kappa shape index (κ2) is 8.01. The zero-order valence-electron chi connectivity index (χ0n) is 13.6. The first kappa shape index (κ1) is 16.6. The third-order valence-corrected chi connectivity index (χ3v) is 3.68. The molecule has 25 heavy (non-hydrogen) atoms. The maximum absolute atomic E-state index is 12.0. The van der Waals surface area contributed by atoms with Crippen molar-refractivity contribution in [1.29, 1.82) is 0 Å². The van der Waals surface area contributed by atoms with Crippen LogP contribution in [0.3, 0.4) is 0 Å². The molecule has 3 rings (SSSR count). The van der Waals surface area contributed by atoms with E-state index in [0.717, 1.165) is 5.56 Å². The largest absolute Gasteiger partial charge is 0.309 e. The number of carbonyl (C=O) groups is 2. The number of pyridine rings is 1. The van der Waals surface area contributed by atoms with Crippen molar-refractivity contribution in [2.24, 2.45) is 0 Å². The Balaban J connectivity index is 1.49. The van der Waals surface area contributed by atoms with E-state index in [9.17, 15) is 9.59 Å². The zero-order chi connectivity index (χ0) is 17.5. The van der Waals surface area contributed by atoms with Crippen LogP contribution in [0.2, 0.25) is 0 Å². The van der Waals surface area contributed by atoms with Crippen molar-refractivity contribution in [3.63, 3.8) is 0 Å². The van der Waals surface area contributed by atoms with Gasteiger partial charge in [-0.15, -0.1) is 0 Å². The Morgan fingerprint density at radius 3 is 2.48 bits per heavy atom. The van der Waals surface area contributed by atoms with Gasteiger partial charge in [-0.1, -0.05) is 30.3 Å². The highest BCUT2D eigenvalue weighted by Crippen LogP contribution is 2.09. The molecule has 0 atom stereocenters. The summed E-state index contributed by atoms with van der Waals surface area (Å²) in [6.07, 6.45) is 5.56. The third kappa shape index (κ3) is 4.84. The molecule has 0 aliphatic heterocycles. The number of benzene rings is 1. The topological polar surface area (TPSA) is 76.9 Å². The average molecular weight is 334 g/mol. The highest BCUT2D eigenvalue weighted by Gasteiger charge is 2.10. The van der Waals surface area contributed by atoms with E-state index >= 15 is 0 Å². The number of anilines is 1. The van der Waals surface area contributed by atoms with Crippen molar-refractivity contribution >= 4 is 17.5 Å². The summed E-state index contributed by atoms with van der Waals surface area (Å²) in [6, 6.07) is 14.5. The van der Waals surface area contributed by atoms with Crippen LogP contribution in [-0.4, -0.2) is 26.5 Å². The lowest BCUT2D eigenvalue weighted by molar-refractivity contribution is -0.116. The molecule has 3 aromatic rings. The molecule has 0 fully saturated rings. The van der Waals surface area contributed by atoms with Crippen LogP contribution >= 0.6 is 0 Å². The van der Waals surface area contributed by atoms with Gasteiger partial charge < -0.3 is 5.32 Å². The molecule has 0 spiro atoms. The number of aromatic nitrogens is 3. The van der Waals surface area contributed by atoms with Crippen LogP contribution in [0.5, 0.6) is 0 Å². The van der Waals surface area contributed by atoms with Crippen LogP contribution < -0.4 is 5.32 Å². The summed E-state index contributed by atoms with van der Waals surface area (Å²) in [7, 11) is 0. The first-order valence-electron chi connectivity index (χ1n) is 8.01. The van der Waals surface area contributed by atoms with Crippen molar-refractivity contribution in [2.75, 3.05) is 5.32 Å². The van der Waals surface area contributed by atoms with E-state index in [1.54, 1.807) is 41.5 Å². The second-order valence-electron chi connectivity index (χ2n) is 5.59. The minimum absolute atomic E-state index is 0.0426. The Hall–Kier alpha value is -3.28. The molecule has 0 bridgehead atoms. The molecule has 126 valence electrons. The van der Waals surface area contributed by atoms with E-state index < -0.39 is 0 Å². The molecule has 0 aliphatic carbocycles. The predicted octanol–water partition coefficient (Wildman–Crippen LogP) is 2.93. The van der Waals surface area contributed by atoms with Crippen LogP contribution in [0.25, 0.3) is 0 Å². The Morgan fingerprint density at radius 1 is 0.960 bits per heavy atom. The van der Waals surface area contributed by atoms with Gasteiger partial charge in [-0.25, -0.2) is 0 Å². The van der Waals surface area contributed by atoms with E-state index in [2.05, 4.69) is 15.4 Å². The number of carbonyl (C=O) groups excluding carboxylic acids is 2. The second-order valence-corrected chi connectivity index (χ2v) is 5.59. The summed E-state index contributed by atoms with van der Waals surface area (Å²) >= 11 is 0. The van der Waals surface area contributed by atoms with Crippen molar-refractivity contribution in [2.45, 2.75) is 19.4 Å². The van der Waals surface area contributed by atoms with Crippen molar-refractivity contribution in [3.05, 3.63) is 78.2 Å². The SMILES string of the molecule is O=C(CCC(=O)c1ccccc1)Nc1ccn(Cc2ccncc2)n1. The predicted molar refractivity (Wildman–Crippen MR) is 94.2 cm³/mol. The van der Waals surface area contributed by atoms with Gasteiger partial charge in [-0.2, -0.15) is 5.10 Å². The number of Topliss-reactive ketones (excluding diaryl/α,β-unsaturated/α-hetero) is 1. The van der Waals surface area contributed by atoms with Crippen molar-refractivity contribution < 1.29 is 9.59 Å². The molecule has 0 unspecified atom stereocenters. The average Bonchev–Trinajstić information content (AvgIpc) is 3.08. The van der Waals surface area contributed by atoms with E-state index in [1.807, 2.05) is 30.3 Å². The first-order valence-corrected chi connectivity index (χ1v) is 8.01. The molecular weight excluding hydrogens is 316 g/mol. The standard InChI is InChI=1S/C19H18N4O2/c24-17(16-4-2-1-3-5-16)6-7-19(25)21-18-10-13-23(22-18)14-15-8-11-20-12-9-15/h1-5,8-13H,6-7,14H2,(H,21,22,25). The number of hydrogen-bond donors (Lipinski definition) is 1.